The molecule has 27 heavy (non-hydrogen) atoms. The number of rotatable bonds is 6. The summed E-state index contributed by atoms with van der Waals surface area (Å²) < 4.78 is 1.94. The standard InChI is InChI=1S/C21H32N6/c1-16(2)26-13-17(3)20(15-26)25-21(22-4)23-12-18-7-5-8-19(11-18)14-27-10-6-9-24-27/h5-11,16-17,20H,12-15H2,1-4H3,(H2,22,23,25). The maximum Gasteiger partial charge on any atom is 0.191 e. The van der Waals surface area contributed by atoms with Crippen molar-refractivity contribution in [2.45, 2.75) is 45.9 Å². The number of benzene rings is 1. The molecule has 0 amide bonds. The summed E-state index contributed by atoms with van der Waals surface area (Å²) in [5.41, 5.74) is 2.49. The fraction of sp³-hybridized carbons (Fsp3) is 0.524. The van der Waals surface area contributed by atoms with E-state index in [-0.39, 0.29) is 0 Å². The molecule has 2 atom stereocenters. The van der Waals surface area contributed by atoms with Crippen molar-refractivity contribution in [2.24, 2.45) is 10.9 Å². The minimum Gasteiger partial charge on any atom is -0.352 e. The van der Waals surface area contributed by atoms with Crippen LogP contribution in [0.4, 0.5) is 0 Å². The summed E-state index contributed by atoms with van der Waals surface area (Å²) in [5.74, 6) is 1.48. The molecular weight excluding hydrogens is 336 g/mol. The Labute approximate surface area is 162 Å². The highest BCUT2D eigenvalue weighted by Crippen LogP contribution is 2.18. The van der Waals surface area contributed by atoms with Gasteiger partial charge in [-0.15, -0.1) is 0 Å². The van der Waals surface area contributed by atoms with E-state index in [9.17, 15) is 0 Å². The zero-order valence-corrected chi connectivity index (χ0v) is 16.9. The predicted octanol–water partition coefficient (Wildman–Crippen LogP) is 2.33. The van der Waals surface area contributed by atoms with Gasteiger partial charge in [0.25, 0.3) is 0 Å². The van der Waals surface area contributed by atoms with E-state index in [0.717, 1.165) is 32.1 Å². The third kappa shape index (κ3) is 5.32. The lowest BCUT2D eigenvalue weighted by Crippen LogP contribution is -2.46. The number of likely N-dealkylation sites (tertiary alicyclic amines) is 1. The van der Waals surface area contributed by atoms with Crippen LogP contribution in [0.1, 0.15) is 31.9 Å². The summed E-state index contributed by atoms with van der Waals surface area (Å²) in [6.07, 6.45) is 3.80. The van der Waals surface area contributed by atoms with Gasteiger partial charge in [0.05, 0.1) is 6.54 Å². The Balaban J connectivity index is 1.54. The molecule has 1 aromatic heterocycles. The Kier molecular flexibility index (Phi) is 6.50. The first kappa shape index (κ1) is 19.4. The van der Waals surface area contributed by atoms with Crippen molar-refractivity contribution in [3.8, 4) is 0 Å². The molecule has 6 heteroatoms. The molecule has 1 saturated heterocycles. The molecule has 3 rings (SSSR count). The lowest BCUT2D eigenvalue weighted by Gasteiger charge is -2.22. The molecular formula is C21H32N6. The Bertz CT molecular complexity index is 737. The van der Waals surface area contributed by atoms with E-state index >= 15 is 0 Å². The predicted molar refractivity (Wildman–Crippen MR) is 111 cm³/mol. The van der Waals surface area contributed by atoms with Gasteiger partial charge >= 0.3 is 0 Å². The van der Waals surface area contributed by atoms with E-state index in [4.69, 9.17) is 0 Å². The number of hydrogen-bond acceptors (Lipinski definition) is 3. The van der Waals surface area contributed by atoms with Crippen molar-refractivity contribution >= 4 is 5.96 Å². The molecule has 1 aliphatic heterocycles. The Morgan fingerprint density at radius 3 is 2.74 bits per heavy atom. The largest absolute Gasteiger partial charge is 0.352 e. The fourth-order valence-corrected chi connectivity index (χ4v) is 3.59. The molecule has 6 nitrogen and oxygen atoms in total. The normalized spacial score (nSPS) is 21.0. The van der Waals surface area contributed by atoms with E-state index in [0.29, 0.717) is 18.0 Å². The van der Waals surface area contributed by atoms with E-state index in [1.165, 1.54) is 11.1 Å². The summed E-state index contributed by atoms with van der Waals surface area (Å²) in [7, 11) is 1.84. The zero-order valence-electron chi connectivity index (χ0n) is 16.9. The average Bonchev–Trinajstić information content (AvgIpc) is 3.29. The van der Waals surface area contributed by atoms with Crippen LogP contribution in [0.5, 0.6) is 0 Å². The quantitative estimate of drug-likeness (QED) is 0.607. The molecule has 0 aliphatic carbocycles. The van der Waals surface area contributed by atoms with Gasteiger partial charge in [-0.25, -0.2) is 0 Å². The maximum atomic E-state index is 4.42. The molecule has 0 radical (unpaired) electrons. The highest BCUT2D eigenvalue weighted by atomic mass is 15.3. The summed E-state index contributed by atoms with van der Waals surface area (Å²) in [4.78, 5) is 6.94. The number of guanidine groups is 1. The number of nitrogens with one attached hydrogen (secondary N) is 2. The molecule has 146 valence electrons. The van der Waals surface area contributed by atoms with Crippen molar-refractivity contribution in [3.05, 3.63) is 53.9 Å². The van der Waals surface area contributed by atoms with Crippen molar-refractivity contribution in [3.63, 3.8) is 0 Å². The molecule has 2 N–H and O–H groups in total. The van der Waals surface area contributed by atoms with Crippen molar-refractivity contribution < 1.29 is 0 Å². The lowest BCUT2D eigenvalue weighted by atomic mass is 10.1. The van der Waals surface area contributed by atoms with Crippen LogP contribution >= 0.6 is 0 Å². The molecule has 1 aliphatic rings. The summed E-state index contributed by atoms with van der Waals surface area (Å²) >= 11 is 0. The van der Waals surface area contributed by atoms with Crippen LogP contribution in [0.2, 0.25) is 0 Å². The third-order valence-corrected chi connectivity index (χ3v) is 5.27. The molecule has 0 bridgehead atoms. The van der Waals surface area contributed by atoms with Crippen molar-refractivity contribution in [2.75, 3.05) is 20.1 Å². The van der Waals surface area contributed by atoms with Crippen molar-refractivity contribution in [1.29, 1.82) is 0 Å². The zero-order chi connectivity index (χ0) is 19.2. The smallest absolute Gasteiger partial charge is 0.191 e. The van der Waals surface area contributed by atoms with Gasteiger partial charge in [-0.05, 0) is 37.0 Å². The molecule has 0 saturated carbocycles. The Hall–Kier alpha value is -2.34. The second-order valence-corrected chi connectivity index (χ2v) is 7.73. The molecule has 2 aromatic rings. The van der Waals surface area contributed by atoms with Gasteiger partial charge < -0.3 is 10.6 Å². The third-order valence-electron chi connectivity index (χ3n) is 5.27. The van der Waals surface area contributed by atoms with E-state index in [1.807, 2.05) is 30.2 Å². The monoisotopic (exact) mass is 368 g/mol. The lowest BCUT2D eigenvalue weighted by molar-refractivity contribution is 0.265. The van der Waals surface area contributed by atoms with Crippen LogP contribution in [0.25, 0.3) is 0 Å². The van der Waals surface area contributed by atoms with Crippen LogP contribution in [0, 0.1) is 5.92 Å². The van der Waals surface area contributed by atoms with Crippen LogP contribution in [0.15, 0.2) is 47.7 Å². The van der Waals surface area contributed by atoms with E-state index in [2.05, 4.69) is 70.7 Å². The number of nitrogens with zero attached hydrogens (tertiary/aromatic N) is 4. The molecule has 0 spiro atoms. The number of aromatic nitrogens is 2. The van der Waals surface area contributed by atoms with Crippen LogP contribution in [-0.2, 0) is 13.1 Å². The van der Waals surface area contributed by atoms with Crippen LogP contribution < -0.4 is 10.6 Å². The SMILES string of the molecule is CN=C(NCc1cccc(Cn2cccn2)c1)NC1CN(C(C)C)CC1C. The first-order valence-electron chi connectivity index (χ1n) is 9.81. The van der Waals surface area contributed by atoms with E-state index in [1.54, 1.807) is 0 Å². The summed E-state index contributed by atoms with van der Waals surface area (Å²) in [6.45, 7) is 10.6. The fourth-order valence-electron chi connectivity index (χ4n) is 3.59. The number of hydrogen-bond donors (Lipinski definition) is 2. The van der Waals surface area contributed by atoms with Gasteiger partial charge in [0.15, 0.2) is 5.96 Å². The highest BCUT2D eigenvalue weighted by molar-refractivity contribution is 5.80. The van der Waals surface area contributed by atoms with Gasteiger partial charge in [0.1, 0.15) is 0 Å². The van der Waals surface area contributed by atoms with Gasteiger partial charge in [0.2, 0.25) is 0 Å². The molecule has 1 aromatic carbocycles. The minimum absolute atomic E-state index is 0.435. The van der Waals surface area contributed by atoms with Crippen LogP contribution in [0.3, 0.4) is 0 Å². The highest BCUT2D eigenvalue weighted by Gasteiger charge is 2.31. The van der Waals surface area contributed by atoms with Crippen LogP contribution in [-0.4, -0.2) is 52.9 Å². The topological polar surface area (TPSA) is 57.5 Å². The van der Waals surface area contributed by atoms with Gasteiger partial charge in [-0.1, -0.05) is 31.2 Å². The van der Waals surface area contributed by atoms with Gasteiger partial charge in [0, 0.05) is 51.2 Å². The maximum absolute atomic E-state index is 4.42. The Morgan fingerprint density at radius 1 is 1.26 bits per heavy atom. The summed E-state index contributed by atoms with van der Waals surface area (Å²) in [5, 5.41) is 11.3. The van der Waals surface area contributed by atoms with Crippen molar-refractivity contribution in [1.82, 2.24) is 25.3 Å². The first-order chi connectivity index (χ1) is 13.0. The second kappa shape index (κ2) is 9.04. The van der Waals surface area contributed by atoms with E-state index < -0.39 is 0 Å². The molecule has 2 heterocycles. The summed E-state index contributed by atoms with van der Waals surface area (Å²) in [6, 6.07) is 11.6. The van der Waals surface area contributed by atoms with Gasteiger partial charge in [-0.2, -0.15) is 5.10 Å². The minimum atomic E-state index is 0.435. The Morgan fingerprint density at radius 2 is 2.07 bits per heavy atom. The number of aliphatic imine (C=N–C) groups is 1. The first-order valence-corrected chi connectivity index (χ1v) is 9.81. The molecule has 1 fully saturated rings. The average molecular weight is 369 g/mol. The molecule has 2 unspecified atom stereocenters. The van der Waals surface area contributed by atoms with Gasteiger partial charge in [-0.3, -0.25) is 14.6 Å². The second-order valence-electron chi connectivity index (χ2n) is 7.73.